The maximum absolute atomic E-state index is 11.2. The van der Waals surface area contributed by atoms with Crippen LogP contribution in [0.1, 0.15) is 32.6 Å². The second kappa shape index (κ2) is 3.29. The number of nitrogens with one attached hydrogen (secondary N) is 1. The predicted octanol–water partition coefficient (Wildman–Crippen LogP) is 1.08. The molecule has 2 fully saturated rings. The van der Waals surface area contributed by atoms with Gasteiger partial charge in [-0.3, -0.25) is 4.79 Å². The molecule has 1 aliphatic heterocycles. The van der Waals surface area contributed by atoms with Crippen molar-refractivity contribution in [2.45, 2.75) is 38.1 Å². The van der Waals surface area contributed by atoms with Crippen LogP contribution < -0.4 is 5.32 Å². The zero-order valence-corrected chi connectivity index (χ0v) is 8.14. The van der Waals surface area contributed by atoms with E-state index in [1.165, 1.54) is 12.8 Å². The first kappa shape index (κ1) is 9.00. The van der Waals surface area contributed by atoms with Crippen molar-refractivity contribution in [1.82, 2.24) is 5.32 Å². The number of carbonyl (C=O) groups excluding carboxylic acids is 1. The van der Waals surface area contributed by atoms with E-state index in [4.69, 9.17) is 4.74 Å². The zero-order valence-electron chi connectivity index (χ0n) is 8.14. The molecule has 0 bridgehead atoms. The minimum absolute atomic E-state index is 0.00984. The van der Waals surface area contributed by atoms with Crippen LogP contribution in [0.15, 0.2) is 0 Å². The summed E-state index contributed by atoms with van der Waals surface area (Å²) in [6, 6.07) is 0. The predicted molar refractivity (Wildman–Crippen MR) is 49.3 cm³/mol. The Kier molecular flexibility index (Phi) is 2.28. The van der Waals surface area contributed by atoms with Crippen molar-refractivity contribution in [1.29, 1.82) is 0 Å². The summed E-state index contributed by atoms with van der Waals surface area (Å²) in [5.74, 6) is 0.684. The van der Waals surface area contributed by atoms with Crippen LogP contribution in [0.4, 0.5) is 0 Å². The number of ether oxygens (including phenoxy) is 1. The van der Waals surface area contributed by atoms with Crippen LogP contribution in [-0.2, 0) is 9.53 Å². The average Bonchev–Trinajstić information content (AvgIpc) is 2.47. The fraction of sp³-hybridized carbons (Fsp3) is 0.900. The maximum Gasteiger partial charge on any atom is 0.246 e. The number of hydrogen-bond acceptors (Lipinski definition) is 2. The lowest BCUT2D eigenvalue weighted by atomic mass is 9.85. The van der Waals surface area contributed by atoms with Gasteiger partial charge in [0.25, 0.3) is 0 Å². The van der Waals surface area contributed by atoms with Gasteiger partial charge in [0.1, 0.15) is 6.61 Å². The summed E-state index contributed by atoms with van der Waals surface area (Å²) in [5.41, 5.74) is -0.00984. The first-order valence-electron chi connectivity index (χ1n) is 5.15. The summed E-state index contributed by atoms with van der Waals surface area (Å²) in [4.78, 5) is 11.2. The molecular formula is C10H17NO2. The van der Waals surface area contributed by atoms with Crippen molar-refractivity contribution in [2.75, 3.05) is 13.2 Å². The van der Waals surface area contributed by atoms with E-state index < -0.39 is 0 Å². The minimum Gasteiger partial charge on any atom is -0.369 e. The molecule has 0 aromatic rings. The highest BCUT2D eigenvalue weighted by Crippen LogP contribution is 2.38. The van der Waals surface area contributed by atoms with E-state index in [1.807, 2.05) is 0 Å². The van der Waals surface area contributed by atoms with E-state index in [1.54, 1.807) is 0 Å². The van der Waals surface area contributed by atoms with Crippen LogP contribution in [0.25, 0.3) is 0 Å². The van der Waals surface area contributed by atoms with Crippen LogP contribution in [0, 0.1) is 5.92 Å². The molecule has 0 radical (unpaired) electrons. The average molecular weight is 183 g/mol. The fourth-order valence-corrected chi connectivity index (χ4v) is 2.77. The van der Waals surface area contributed by atoms with Crippen LogP contribution >= 0.6 is 0 Å². The summed E-state index contributed by atoms with van der Waals surface area (Å²) in [5, 5.41) is 3.13. The molecule has 3 heteroatoms. The van der Waals surface area contributed by atoms with Gasteiger partial charge in [-0.05, 0) is 18.8 Å². The molecule has 2 aliphatic rings. The molecule has 1 heterocycles. The standard InChI is InChI=1S/C10H17NO2/c1-2-8-4-3-5-10(8)7-13-6-9(12)11-10/h8H,2-7H2,1H3,(H,11,12). The molecule has 74 valence electrons. The molecular weight excluding hydrogens is 166 g/mol. The van der Waals surface area contributed by atoms with Crippen molar-refractivity contribution in [2.24, 2.45) is 5.92 Å². The van der Waals surface area contributed by atoms with Gasteiger partial charge >= 0.3 is 0 Å². The Balaban J connectivity index is 2.12. The van der Waals surface area contributed by atoms with E-state index in [0.717, 1.165) is 19.4 Å². The number of morpholine rings is 1. The van der Waals surface area contributed by atoms with Gasteiger partial charge in [-0.2, -0.15) is 0 Å². The Bertz CT molecular complexity index is 217. The van der Waals surface area contributed by atoms with Gasteiger partial charge in [0.05, 0.1) is 12.1 Å². The monoisotopic (exact) mass is 183 g/mol. The van der Waals surface area contributed by atoms with Crippen molar-refractivity contribution in [3.8, 4) is 0 Å². The largest absolute Gasteiger partial charge is 0.369 e. The van der Waals surface area contributed by atoms with Crippen LogP contribution in [0.3, 0.4) is 0 Å². The first-order valence-corrected chi connectivity index (χ1v) is 5.15. The van der Waals surface area contributed by atoms with Gasteiger partial charge in [-0.15, -0.1) is 0 Å². The van der Waals surface area contributed by atoms with E-state index >= 15 is 0 Å². The molecule has 1 aliphatic carbocycles. The molecule has 3 nitrogen and oxygen atoms in total. The molecule has 13 heavy (non-hydrogen) atoms. The summed E-state index contributed by atoms with van der Waals surface area (Å²) >= 11 is 0. The van der Waals surface area contributed by atoms with Crippen LogP contribution in [0.2, 0.25) is 0 Å². The molecule has 2 rings (SSSR count). The number of amides is 1. The van der Waals surface area contributed by atoms with E-state index in [9.17, 15) is 4.79 Å². The summed E-state index contributed by atoms with van der Waals surface area (Å²) in [6.07, 6.45) is 4.70. The molecule has 1 N–H and O–H groups in total. The third kappa shape index (κ3) is 1.46. The highest BCUT2D eigenvalue weighted by molar-refractivity contribution is 5.78. The number of rotatable bonds is 1. The number of carbonyl (C=O) groups is 1. The van der Waals surface area contributed by atoms with Gasteiger partial charge in [0.15, 0.2) is 0 Å². The summed E-state index contributed by atoms with van der Waals surface area (Å²) < 4.78 is 5.34. The van der Waals surface area contributed by atoms with Crippen molar-refractivity contribution >= 4 is 5.91 Å². The van der Waals surface area contributed by atoms with Crippen LogP contribution in [-0.4, -0.2) is 24.7 Å². The third-order valence-corrected chi connectivity index (χ3v) is 3.43. The molecule has 0 aromatic carbocycles. The molecule has 2 unspecified atom stereocenters. The van der Waals surface area contributed by atoms with E-state index in [0.29, 0.717) is 5.92 Å². The third-order valence-electron chi connectivity index (χ3n) is 3.43. The normalized spacial score (nSPS) is 39.5. The van der Waals surface area contributed by atoms with Gasteiger partial charge in [0.2, 0.25) is 5.91 Å². The van der Waals surface area contributed by atoms with Gasteiger partial charge in [-0.1, -0.05) is 19.8 Å². The molecule has 0 aromatic heterocycles. The molecule has 1 spiro atoms. The van der Waals surface area contributed by atoms with Gasteiger partial charge in [-0.25, -0.2) is 0 Å². The SMILES string of the molecule is CCC1CCCC12COCC(=O)N2. The first-order chi connectivity index (χ1) is 6.27. The van der Waals surface area contributed by atoms with E-state index in [2.05, 4.69) is 12.2 Å². The van der Waals surface area contributed by atoms with Gasteiger partial charge in [0, 0.05) is 0 Å². The Hall–Kier alpha value is -0.570. The lowest BCUT2D eigenvalue weighted by molar-refractivity contribution is -0.136. The Labute approximate surface area is 78.8 Å². The molecule has 1 saturated heterocycles. The Morgan fingerprint density at radius 1 is 1.69 bits per heavy atom. The smallest absolute Gasteiger partial charge is 0.246 e. The highest BCUT2D eigenvalue weighted by Gasteiger charge is 2.45. The minimum atomic E-state index is -0.00984. The molecule has 1 amide bonds. The lowest BCUT2D eigenvalue weighted by Gasteiger charge is -2.39. The molecule has 1 saturated carbocycles. The van der Waals surface area contributed by atoms with Crippen molar-refractivity contribution in [3.05, 3.63) is 0 Å². The topological polar surface area (TPSA) is 38.3 Å². The van der Waals surface area contributed by atoms with Gasteiger partial charge < -0.3 is 10.1 Å². The Morgan fingerprint density at radius 3 is 3.23 bits per heavy atom. The van der Waals surface area contributed by atoms with E-state index in [-0.39, 0.29) is 18.1 Å². The Morgan fingerprint density at radius 2 is 2.54 bits per heavy atom. The zero-order chi connectivity index (χ0) is 9.31. The fourth-order valence-electron chi connectivity index (χ4n) is 2.77. The molecule has 2 atom stereocenters. The quantitative estimate of drug-likeness (QED) is 0.660. The second-order valence-corrected chi connectivity index (χ2v) is 4.19. The second-order valence-electron chi connectivity index (χ2n) is 4.19. The number of hydrogen-bond donors (Lipinski definition) is 1. The lowest BCUT2D eigenvalue weighted by Crippen LogP contribution is -2.59. The summed E-state index contributed by atoms with van der Waals surface area (Å²) in [7, 11) is 0. The summed E-state index contributed by atoms with van der Waals surface area (Å²) in [6.45, 7) is 3.16. The maximum atomic E-state index is 11.2. The van der Waals surface area contributed by atoms with Crippen molar-refractivity contribution in [3.63, 3.8) is 0 Å². The highest BCUT2D eigenvalue weighted by atomic mass is 16.5. The van der Waals surface area contributed by atoms with Crippen LogP contribution in [0.5, 0.6) is 0 Å². The van der Waals surface area contributed by atoms with Crippen molar-refractivity contribution < 1.29 is 9.53 Å².